The molecule has 1 N–H and O–H groups in total. The number of hydrogen-bond acceptors (Lipinski definition) is 3. The van der Waals surface area contributed by atoms with Gasteiger partial charge in [0.25, 0.3) is 5.91 Å². The molecule has 3 aliphatic carbocycles. The number of aromatic nitrogens is 1. The van der Waals surface area contributed by atoms with Crippen LogP contribution in [0.4, 0.5) is 0 Å². The average molecular weight is 426 g/mol. The van der Waals surface area contributed by atoms with Gasteiger partial charge in [-0.25, -0.2) is 0 Å². The monoisotopic (exact) mass is 425 g/mol. The lowest BCUT2D eigenvalue weighted by molar-refractivity contribution is -0.0301. The number of rotatable bonds is 5. The smallest absolute Gasteiger partial charge is 0.251 e. The molecule has 1 aromatic heterocycles. The van der Waals surface area contributed by atoms with Crippen LogP contribution in [-0.4, -0.2) is 41.5 Å². The van der Waals surface area contributed by atoms with E-state index in [-0.39, 0.29) is 17.5 Å². The van der Waals surface area contributed by atoms with Gasteiger partial charge >= 0.3 is 0 Å². The number of hydrogen-bond donors (Lipinski definition) is 1. The van der Waals surface area contributed by atoms with Crippen LogP contribution in [0, 0.1) is 5.92 Å². The zero-order chi connectivity index (χ0) is 22.1. The van der Waals surface area contributed by atoms with Gasteiger partial charge in [0.2, 0.25) is 0 Å². The summed E-state index contributed by atoms with van der Waals surface area (Å²) in [6, 6.07) is 25.5. The van der Waals surface area contributed by atoms with E-state index in [0.29, 0.717) is 23.3 Å². The highest BCUT2D eigenvalue weighted by molar-refractivity contribution is 5.94. The third-order valence-corrected chi connectivity index (χ3v) is 7.86. The van der Waals surface area contributed by atoms with E-state index in [1.54, 1.807) is 24.5 Å². The third-order valence-electron chi connectivity index (χ3n) is 7.86. The van der Waals surface area contributed by atoms with Crippen LogP contribution >= 0.6 is 0 Å². The first-order valence-corrected chi connectivity index (χ1v) is 11.6. The molecule has 2 bridgehead atoms. The summed E-state index contributed by atoms with van der Waals surface area (Å²) in [4.78, 5) is 19.7. The minimum atomic E-state index is -0.00233. The number of carbonyl (C=O) groups is 1. The standard InChI is InChI=1S/C28H31N3O/c1-31(2)28-17-23(20-9-5-3-6-10-20)26(24(18-28)21-11-7-4-8-12-21)25(19-28)30-27(32)22-13-15-29-16-14-22/h3-16,23-26H,17-19H2,1-2H3,(H,30,32). The van der Waals surface area contributed by atoms with Crippen LogP contribution in [0.2, 0.25) is 0 Å². The molecule has 0 aliphatic heterocycles. The van der Waals surface area contributed by atoms with E-state index in [1.165, 1.54) is 11.1 Å². The van der Waals surface area contributed by atoms with Crippen LogP contribution in [0.15, 0.2) is 85.2 Å². The van der Waals surface area contributed by atoms with Crippen LogP contribution in [0.5, 0.6) is 0 Å². The molecule has 0 spiro atoms. The topological polar surface area (TPSA) is 45.2 Å². The Kier molecular flexibility index (Phi) is 5.56. The summed E-state index contributed by atoms with van der Waals surface area (Å²) in [7, 11) is 4.41. The summed E-state index contributed by atoms with van der Waals surface area (Å²) in [6.07, 6.45) is 6.60. The predicted octanol–water partition coefficient (Wildman–Crippen LogP) is 4.86. The number of benzene rings is 2. The molecule has 6 rings (SSSR count). The molecule has 2 aromatic carbocycles. The first kappa shape index (κ1) is 20.9. The van der Waals surface area contributed by atoms with Crippen LogP contribution in [0.25, 0.3) is 0 Å². The van der Waals surface area contributed by atoms with Crippen molar-refractivity contribution in [3.8, 4) is 0 Å². The van der Waals surface area contributed by atoms with E-state index in [9.17, 15) is 4.79 Å². The van der Waals surface area contributed by atoms with Crippen molar-refractivity contribution in [1.82, 2.24) is 15.2 Å². The first-order chi connectivity index (χ1) is 15.6. The number of pyridine rings is 1. The molecule has 164 valence electrons. The fourth-order valence-electron chi connectivity index (χ4n) is 6.26. The second kappa shape index (κ2) is 8.51. The number of fused-ring (bicyclic) bond motifs is 3. The molecular weight excluding hydrogens is 394 g/mol. The van der Waals surface area contributed by atoms with Crippen LogP contribution in [-0.2, 0) is 0 Å². The molecule has 3 saturated carbocycles. The van der Waals surface area contributed by atoms with Crippen molar-refractivity contribution in [3.05, 3.63) is 102 Å². The molecule has 3 unspecified atom stereocenters. The minimum Gasteiger partial charge on any atom is -0.349 e. The minimum absolute atomic E-state index is 0.00233. The van der Waals surface area contributed by atoms with Gasteiger partial charge in [-0.15, -0.1) is 0 Å². The Labute approximate surface area is 190 Å². The van der Waals surface area contributed by atoms with E-state index in [0.717, 1.165) is 19.3 Å². The number of nitrogens with zero attached hydrogens (tertiary/aromatic N) is 2. The van der Waals surface area contributed by atoms with Gasteiger partial charge in [0.15, 0.2) is 0 Å². The summed E-state index contributed by atoms with van der Waals surface area (Å²) in [5.74, 6) is 1.15. The van der Waals surface area contributed by atoms with Crippen LogP contribution < -0.4 is 5.32 Å². The molecule has 1 amide bonds. The summed E-state index contributed by atoms with van der Waals surface area (Å²) in [6.45, 7) is 0. The lowest BCUT2D eigenvalue weighted by Gasteiger charge is -2.61. The highest BCUT2D eigenvalue weighted by Gasteiger charge is 2.57. The molecule has 32 heavy (non-hydrogen) atoms. The normalized spacial score (nSPS) is 29.1. The maximum absolute atomic E-state index is 13.2. The van der Waals surface area contributed by atoms with Gasteiger partial charge in [-0.05, 0) is 74.4 Å². The Morgan fingerprint density at radius 3 is 1.88 bits per heavy atom. The number of carbonyl (C=O) groups excluding carboxylic acids is 1. The lowest BCUT2D eigenvalue weighted by Crippen LogP contribution is -2.64. The SMILES string of the molecule is CN(C)C12CC(NC(=O)c3ccncc3)C(C(c3ccccc3)C1)C(c1ccccc1)C2. The van der Waals surface area contributed by atoms with Gasteiger partial charge < -0.3 is 10.2 Å². The fraction of sp³-hybridized carbons (Fsp3) is 0.357. The number of amides is 1. The van der Waals surface area contributed by atoms with Gasteiger partial charge in [0.1, 0.15) is 0 Å². The van der Waals surface area contributed by atoms with E-state index < -0.39 is 0 Å². The van der Waals surface area contributed by atoms with Gasteiger partial charge in [-0.1, -0.05) is 60.7 Å². The van der Waals surface area contributed by atoms with Crippen molar-refractivity contribution in [2.45, 2.75) is 42.7 Å². The van der Waals surface area contributed by atoms with Gasteiger partial charge in [0.05, 0.1) is 0 Å². The molecule has 3 atom stereocenters. The first-order valence-electron chi connectivity index (χ1n) is 11.6. The van der Waals surface area contributed by atoms with Crippen LogP contribution in [0.1, 0.15) is 52.6 Å². The van der Waals surface area contributed by atoms with Crippen molar-refractivity contribution in [1.29, 1.82) is 0 Å². The van der Waals surface area contributed by atoms with E-state index >= 15 is 0 Å². The molecule has 4 heteroatoms. The van der Waals surface area contributed by atoms with Crippen molar-refractivity contribution in [2.75, 3.05) is 14.1 Å². The Bertz CT molecular complexity index is 1000. The fourth-order valence-corrected chi connectivity index (χ4v) is 6.26. The Hall–Kier alpha value is -2.98. The van der Waals surface area contributed by atoms with Crippen molar-refractivity contribution >= 4 is 5.91 Å². The highest BCUT2D eigenvalue weighted by atomic mass is 16.1. The van der Waals surface area contributed by atoms with E-state index in [2.05, 4.69) is 90.0 Å². The third kappa shape index (κ3) is 3.73. The summed E-state index contributed by atoms with van der Waals surface area (Å²) in [5.41, 5.74) is 3.48. The maximum Gasteiger partial charge on any atom is 0.251 e. The lowest BCUT2D eigenvalue weighted by atomic mass is 9.51. The summed E-state index contributed by atoms with van der Waals surface area (Å²) >= 11 is 0. The molecule has 3 aliphatic rings. The average Bonchev–Trinajstić information content (AvgIpc) is 2.85. The quantitative estimate of drug-likeness (QED) is 0.635. The molecule has 3 fully saturated rings. The molecule has 0 saturated heterocycles. The van der Waals surface area contributed by atoms with Crippen molar-refractivity contribution in [2.24, 2.45) is 5.92 Å². The zero-order valence-corrected chi connectivity index (χ0v) is 18.8. The molecule has 1 heterocycles. The summed E-state index contributed by atoms with van der Waals surface area (Å²) in [5, 5.41) is 3.45. The van der Waals surface area contributed by atoms with Gasteiger partial charge in [0, 0.05) is 29.5 Å². The van der Waals surface area contributed by atoms with Gasteiger partial charge in [-0.2, -0.15) is 0 Å². The van der Waals surface area contributed by atoms with E-state index in [4.69, 9.17) is 0 Å². The zero-order valence-electron chi connectivity index (χ0n) is 18.8. The second-order valence-corrected chi connectivity index (χ2v) is 9.66. The molecular formula is C28H31N3O. The number of nitrogens with one attached hydrogen (secondary N) is 1. The van der Waals surface area contributed by atoms with Crippen LogP contribution in [0.3, 0.4) is 0 Å². The van der Waals surface area contributed by atoms with E-state index in [1.807, 2.05) is 0 Å². The van der Waals surface area contributed by atoms with Crippen molar-refractivity contribution < 1.29 is 4.79 Å². The summed E-state index contributed by atoms with van der Waals surface area (Å²) < 4.78 is 0. The molecule has 4 nitrogen and oxygen atoms in total. The molecule has 3 aromatic rings. The second-order valence-electron chi connectivity index (χ2n) is 9.66. The Morgan fingerprint density at radius 2 is 1.38 bits per heavy atom. The maximum atomic E-state index is 13.2. The largest absolute Gasteiger partial charge is 0.349 e. The van der Waals surface area contributed by atoms with Crippen molar-refractivity contribution in [3.63, 3.8) is 0 Å². The Balaban J connectivity index is 1.57. The predicted molar refractivity (Wildman–Crippen MR) is 128 cm³/mol. The highest BCUT2D eigenvalue weighted by Crippen LogP contribution is 2.59. The van der Waals surface area contributed by atoms with Gasteiger partial charge in [-0.3, -0.25) is 9.78 Å². The molecule has 0 radical (unpaired) electrons. The Morgan fingerprint density at radius 1 is 0.844 bits per heavy atom.